The molecule has 0 atom stereocenters. The first kappa shape index (κ1) is 19.2. The number of Topliss-reactive ketones (excluding diaryl/α,β-unsaturated/α-hetero) is 1. The molecule has 1 N–H and O–H groups in total. The van der Waals surface area contributed by atoms with Crippen LogP contribution in [0.15, 0.2) is 47.1 Å². The van der Waals surface area contributed by atoms with Crippen LogP contribution in [0.3, 0.4) is 0 Å². The van der Waals surface area contributed by atoms with E-state index < -0.39 is 0 Å². The molecule has 2 aromatic heterocycles. The van der Waals surface area contributed by atoms with Crippen LogP contribution in [0.5, 0.6) is 0 Å². The van der Waals surface area contributed by atoms with Crippen molar-refractivity contribution in [2.24, 2.45) is 5.41 Å². The Morgan fingerprint density at radius 2 is 1.97 bits per heavy atom. The van der Waals surface area contributed by atoms with E-state index in [2.05, 4.69) is 10.4 Å². The molecular formula is C23H25N3O3. The lowest BCUT2D eigenvalue weighted by molar-refractivity contribution is 0.0888. The van der Waals surface area contributed by atoms with Gasteiger partial charge in [0.15, 0.2) is 11.5 Å². The number of amides is 1. The summed E-state index contributed by atoms with van der Waals surface area (Å²) in [6.07, 6.45) is 4.79. The van der Waals surface area contributed by atoms with Gasteiger partial charge in [-0.25, -0.2) is 0 Å². The standard InChI is InChI=1S/C23H25N3O3/c1-15-20-18(27)11-23(2,3)12-19(20)29-21(15)22(28)24-13-16-7-4-5-8-17(16)14-26-10-6-9-25-26/h4-10H,11-14H2,1-3H3,(H,24,28). The predicted molar refractivity (Wildman–Crippen MR) is 109 cm³/mol. The minimum absolute atomic E-state index is 0.0566. The third kappa shape index (κ3) is 3.88. The highest BCUT2D eigenvalue weighted by molar-refractivity contribution is 6.03. The van der Waals surface area contributed by atoms with Gasteiger partial charge in [0.25, 0.3) is 5.91 Å². The number of rotatable bonds is 5. The Morgan fingerprint density at radius 3 is 2.69 bits per heavy atom. The van der Waals surface area contributed by atoms with Gasteiger partial charge in [0.05, 0.1) is 12.1 Å². The molecule has 0 fully saturated rings. The summed E-state index contributed by atoms with van der Waals surface area (Å²) in [7, 11) is 0. The van der Waals surface area contributed by atoms with Crippen molar-refractivity contribution in [2.75, 3.05) is 0 Å². The van der Waals surface area contributed by atoms with E-state index in [1.54, 1.807) is 13.1 Å². The fourth-order valence-corrected chi connectivity index (χ4v) is 4.01. The molecule has 2 heterocycles. The van der Waals surface area contributed by atoms with E-state index in [9.17, 15) is 9.59 Å². The van der Waals surface area contributed by atoms with Gasteiger partial charge in [0, 0.05) is 37.3 Å². The molecule has 3 aromatic rings. The zero-order valence-electron chi connectivity index (χ0n) is 17.0. The molecule has 1 aliphatic rings. The van der Waals surface area contributed by atoms with Gasteiger partial charge >= 0.3 is 0 Å². The first-order valence-electron chi connectivity index (χ1n) is 9.82. The second kappa shape index (κ2) is 7.35. The normalized spacial score (nSPS) is 15.2. The molecule has 4 rings (SSSR count). The number of nitrogens with zero attached hydrogens (tertiary/aromatic N) is 2. The zero-order valence-corrected chi connectivity index (χ0v) is 17.0. The van der Waals surface area contributed by atoms with Gasteiger partial charge in [-0.1, -0.05) is 38.1 Å². The number of ketones is 1. The second-order valence-electron chi connectivity index (χ2n) is 8.45. The second-order valence-corrected chi connectivity index (χ2v) is 8.45. The van der Waals surface area contributed by atoms with E-state index in [4.69, 9.17) is 4.42 Å². The van der Waals surface area contributed by atoms with Gasteiger partial charge in [-0.15, -0.1) is 0 Å². The van der Waals surface area contributed by atoms with Crippen molar-refractivity contribution < 1.29 is 14.0 Å². The molecule has 0 radical (unpaired) electrons. The van der Waals surface area contributed by atoms with Gasteiger partial charge < -0.3 is 9.73 Å². The molecule has 0 aliphatic heterocycles. The highest BCUT2D eigenvalue weighted by atomic mass is 16.4. The molecule has 0 saturated heterocycles. The van der Waals surface area contributed by atoms with Crippen LogP contribution in [0.25, 0.3) is 0 Å². The molecule has 0 bridgehead atoms. The first-order valence-corrected chi connectivity index (χ1v) is 9.82. The Labute approximate surface area is 169 Å². The van der Waals surface area contributed by atoms with Gasteiger partial charge in [-0.05, 0) is 29.5 Å². The van der Waals surface area contributed by atoms with Gasteiger partial charge in [-0.3, -0.25) is 14.3 Å². The Kier molecular flexibility index (Phi) is 4.86. The summed E-state index contributed by atoms with van der Waals surface area (Å²) in [4.78, 5) is 25.4. The molecule has 29 heavy (non-hydrogen) atoms. The van der Waals surface area contributed by atoms with E-state index in [-0.39, 0.29) is 22.9 Å². The van der Waals surface area contributed by atoms with Gasteiger partial charge in [0.2, 0.25) is 0 Å². The van der Waals surface area contributed by atoms with E-state index in [0.29, 0.717) is 42.8 Å². The summed E-state index contributed by atoms with van der Waals surface area (Å²) in [5, 5.41) is 7.19. The zero-order chi connectivity index (χ0) is 20.6. The maximum absolute atomic E-state index is 12.8. The molecule has 1 amide bonds. The highest BCUT2D eigenvalue weighted by Crippen LogP contribution is 2.38. The third-order valence-corrected chi connectivity index (χ3v) is 5.43. The number of furan rings is 1. The van der Waals surface area contributed by atoms with E-state index in [1.807, 2.05) is 55.1 Å². The number of aromatic nitrogens is 2. The Hall–Kier alpha value is -3.15. The fourth-order valence-electron chi connectivity index (χ4n) is 4.01. The Morgan fingerprint density at radius 1 is 1.21 bits per heavy atom. The van der Waals surface area contributed by atoms with Crippen LogP contribution in [0, 0.1) is 12.3 Å². The number of fused-ring (bicyclic) bond motifs is 1. The lowest BCUT2D eigenvalue weighted by Crippen LogP contribution is -2.26. The Bertz CT molecular complexity index is 1060. The smallest absolute Gasteiger partial charge is 0.287 e. The molecule has 0 spiro atoms. The summed E-state index contributed by atoms with van der Waals surface area (Å²) >= 11 is 0. The van der Waals surface area contributed by atoms with Crippen LogP contribution in [0.1, 0.15) is 63.6 Å². The number of nitrogens with one attached hydrogen (secondary N) is 1. The van der Waals surface area contributed by atoms with Crippen molar-refractivity contribution in [3.05, 3.63) is 76.5 Å². The van der Waals surface area contributed by atoms with E-state index in [1.165, 1.54) is 0 Å². The molecule has 1 aliphatic carbocycles. The molecule has 0 saturated carbocycles. The summed E-state index contributed by atoms with van der Waals surface area (Å²) < 4.78 is 7.71. The van der Waals surface area contributed by atoms with Crippen molar-refractivity contribution in [3.8, 4) is 0 Å². The monoisotopic (exact) mass is 391 g/mol. The number of hydrogen-bond donors (Lipinski definition) is 1. The quantitative estimate of drug-likeness (QED) is 0.715. The maximum Gasteiger partial charge on any atom is 0.287 e. The van der Waals surface area contributed by atoms with Gasteiger partial charge in [0.1, 0.15) is 5.76 Å². The molecule has 6 heteroatoms. The number of carbonyl (C=O) groups is 2. The van der Waals surface area contributed by atoms with E-state index >= 15 is 0 Å². The minimum atomic E-state index is -0.295. The van der Waals surface area contributed by atoms with Crippen LogP contribution in [0.4, 0.5) is 0 Å². The number of benzene rings is 1. The predicted octanol–water partition coefficient (Wildman–Crippen LogP) is 3.92. The van der Waals surface area contributed by atoms with Crippen LogP contribution >= 0.6 is 0 Å². The molecule has 1 aromatic carbocycles. The first-order chi connectivity index (χ1) is 13.8. The van der Waals surface area contributed by atoms with Crippen LogP contribution in [-0.2, 0) is 19.5 Å². The average Bonchev–Trinajstić information content (AvgIpc) is 3.27. The number of hydrogen-bond acceptors (Lipinski definition) is 4. The average molecular weight is 391 g/mol. The van der Waals surface area contributed by atoms with Crippen molar-refractivity contribution >= 4 is 11.7 Å². The maximum atomic E-state index is 12.8. The fraction of sp³-hybridized carbons (Fsp3) is 0.348. The van der Waals surface area contributed by atoms with Crippen molar-refractivity contribution in [1.29, 1.82) is 0 Å². The van der Waals surface area contributed by atoms with Crippen molar-refractivity contribution in [2.45, 2.75) is 46.7 Å². The highest BCUT2D eigenvalue weighted by Gasteiger charge is 2.37. The summed E-state index contributed by atoms with van der Waals surface area (Å²) in [6.45, 7) is 6.89. The third-order valence-electron chi connectivity index (χ3n) is 5.43. The molecular weight excluding hydrogens is 366 g/mol. The number of carbonyl (C=O) groups excluding carboxylic acids is 2. The van der Waals surface area contributed by atoms with Gasteiger partial charge in [-0.2, -0.15) is 5.10 Å². The van der Waals surface area contributed by atoms with Crippen molar-refractivity contribution in [3.63, 3.8) is 0 Å². The van der Waals surface area contributed by atoms with Crippen LogP contribution in [0.2, 0.25) is 0 Å². The van der Waals surface area contributed by atoms with Crippen LogP contribution in [-0.4, -0.2) is 21.5 Å². The summed E-state index contributed by atoms with van der Waals surface area (Å²) in [6, 6.07) is 9.83. The van der Waals surface area contributed by atoms with Crippen LogP contribution < -0.4 is 5.32 Å². The Balaban J connectivity index is 1.51. The lowest BCUT2D eigenvalue weighted by Gasteiger charge is -2.27. The largest absolute Gasteiger partial charge is 0.455 e. The molecule has 0 unspecified atom stereocenters. The summed E-state index contributed by atoms with van der Waals surface area (Å²) in [5.74, 6) is 0.635. The summed E-state index contributed by atoms with van der Waals surface area (Å²) in [5.41, 5.74) is 3.19. The lowest BCUT2D eigenvalue weighted by atomic mass is 9.76. The topological polar surface area (TPSA) is 77.1 Å². The van der Waals surface area contributed by atoms with Crippen molar-refractivity contribution in [1.82, 2.24) is 15.1 Å². The molecule has 150 valence electrons. The minimum Gasteiger partial charge on any atom is -0.455 e. The SMILES string of the molecule is Cc1c(C(=O)NCc2ccccc2Cn2cccn2)oc2c1C(=O)CC(C)(C)C2. The van der Waals surface area contributed by atoms with E-state index in [0.717, 1.165) is 11.1 Å². The molecule has 6 nitrogen and oxygen atoms in total.